The molecule has 20 heavy (non-hydrogen) atoms. The molecular weight excluding hydrogens is 288 g/mol. The molecule has 2 rings (SSSR count). The number of nitrogens with zero attached hydrogens (tertiary/aromatic N) is 1. The summed E-state index contributed by atoms with van der Waals surface area (Å²) in [5.74, 6) is 0.986. The third-order valence-corrected chi connectivity index (χ3v) is 5.00. The van der Waals surface area contributed by atoms with Crippen LogP contribution in [0.5, 0.6) is 0 Å². The quantitative estimate of drug-likeness (QED) is 0.899. The van der Waals surface area contributed by atoms with E-state index in [-0.39, 0.29) is 16.7 Å². The number of rotatable bonds is 2. The monoisotopic (exact) mass is 308 g/mol. The van der Waals surface area contributed by atoms with E-state index in [1.165, 1.54) is 17.3 Å². The molecule has 0 saturated heterocycles. The first-order valence-electron chi connectivity index (χ1n) is 6.63. The second-order valence-corrected chi connectivity index (χ2v) is 8.35. The second kappa shape index (κ2) is 6.22. The molecule has 0 bridgehead atoms. The molecule has 0 spiro atoms. The molecule has 1 N–H and O–H groups in total. The number of amides is 1. The number of benzene rings is 1. The fraction of sp³-hybridized carbons (Fsp3) is 0.467. The van der Waals surface area contributed by atoms with Crippen molar-refractivity contribution in [3.8, 4) is 0 Å². The molecule has 0 aliphatic carbocycles. The van der Waals surface area contributed by atoms with Crippen LogP contribution in [0.3, 0.4) is 0 Å². The molecule has 3 nitrogen and oxygen atoms in total. The zero-order valence-electron chi connectivity index (χ0n) is 12.3. The van der Waals surface area contributed by atoms with Gasteiger partial charge in [-0.3, -0.25) is 4.79 Å². The summed E-state index contributed by atoms with van der Waals surface area (Å²) < 4.78 is 0.972. The molecule has 1 atom stereocenters. The van der Waals surface area contributed by atoms with Gasteiger partial charge in [0.05, 0.1) is 10.9 Å². The van der Waals surface area contributed by atoms with E-state index in [4.69, 9.17) is 0 Å². The maximum Gasteiger partial charge on any atom is 0.233 e. The summed E-state index contributed by atoms with van der Waals surface area (Å²) in [5.41, 5.74) is 2.09. The van der Waals surface area contributed by atoms with Gasteiger partial charge in [-0.15, -0.1) is 0 Å². The first-order chi connectivity index (χ1) is 9.35. The lowest BCUT2D eigenvalue weighted by Gasteiger charge is -2.23. The molecular formula is C15H20N2OS2. The Kier molecular flexibility index (Phi) is 4.81. The van der Waals surface area contributed by atoms with Crippen molar-refractivity contribution < 1.29 is 4.79 Å². The maximum absolute atomic E-state index is 12.1. The minimum atomic E-state index is -0.194. The molecule has 1 unspecified atom stereocenters. The van der Waals surface area contributed by atoms with E-state index in [0.29, 0.717) is 0 Å². The summed E-state index contributed by atoms with van der Waals surface area (Å²) in [6.07, 6.45) is 0. The number of nitrogens with one attached hydrogen (secondary N) is 1. The topological polar surface area (TPSA) is 41.5 Å². The lowest BCUT2D eigenvalue weighted by Crippen LogP contribution is -2.44. The Morgan fingerprint density at radius 3 is 2.80 bits per heavy atom. The van der Waals surface area contributed by atoms with Gasteiger partial charge in [-0.05, 0) is 39.3 Å². The molecule has 108 valence electrons. The highest BCUT2D eigenvalue weighted by Crippen LogP contribution is 2.35. The predicted octanol–water partition coefficient (Wildman–Crippen LogP) is 3.96. The molecule has 1 aliphatic heterocycles. The van der Waals surface area contributed by atoms with E-state index >= 15 is 0 Å². The van der Waals surface area contributed by atoms with Gasteiger partial charge in [0.15, 0.2) is 0 Å². The predicted molar refractivity (Wildman–Crippen MR) is 89.8 cm³/mol. The number of thioether (sulfide) groups is 2. The van der Waals surface area contributed by atoms with E-state index in [1.807, 2.05) is 45.9 Å². The van der Waals surface area contributed by atoms with Crippen LogP contribution in [0.1, 0.15) is 33.3 Å². The fourth-order valence-corrected chi connectivity index (χ4v) is 3.94. The molecule has 0 saturated carbocycles. The van der Waals surface area contributed by atoms with Crippen LogP contribution in [-0.4, -0.2) is 21.1 Å². The van der Waals surface area contributed by atoms with Crippen molar-refractivity contribution in [3.63, 3.8) is 0 Å². The Labute approximate surface area is 129 Å². The van der Waals surface area contributed by atoms with E-state index in [2.05, 4.69) is 16.4 Å². The smallest absolute Gasteiger partial charge is 0.233 e. The molecule has 1 aliphatic rings. The Bertz CT molecular complexity index is 535. The van der Waals surface area contributed by atoms with Gasteiger partial charge in [-0.1, -0.05) is 41.7 Å². The van der Waals surface area contributed by atoms with Gasteiger partial charge in [0.25, 0.3) is 0 Å². The van der Waals surface area contributed by atoms with Crippen molar-refractivity contribution in [3.05, 3.63) is 29.8 Å². The lowest BCUT2D eigenvalue weighted by molar-refractivity contribution is -0.121. The average molecular weight is 308 g/mol. The highest BCUT2D eigenvalue weighted by Gasteiger charge is 2.23. The number of aliphatic imine (C=N–C) groups is 1. The molecule has 5 heteroatoms. The Morgan fingerprint density at radius 2 is 2.10 bits per heavy atom. The minimum absolute atomic E-state index is 0.0599. The Hall–Kier alpha value is -0.940. The van der Waals surface area contributed by atoms with Crippen LogP contribution in [-0.2, 0) is 10.5 Å². The molecule has 0 aromatic heterocycles. The zero-order valence-corrected chi connectivity index (χ0v) is 13.9. The van der Waals surface area contributed by atoms with Crippen LogP contribution < -0.4 is 5.32 Å². The molecule has 1 amide bonds. The van der Waals surface area contributed by atoms with Gasteiger partial charge in [-0.25, -0.2) is 4.99 Å². The van der Waals surface area contributed by atoms with E-state index < -0.39 is 0 Å². The van der Waals surface area contributed by atoms with Gasteiger partial charge in [0.1, 0.15) is 4.38 Å². The van der Waals surface area contributed by atoms with Crippen molar-refractivity contribution in [1.82, 2.24) is 5.32 Å². The van der Waals surface area contributed by atoms with Gasteiger partial charge < -0.3 is 5.32 Å². The third kappa shape index (κ3) is 4.28. The van der Waals surface area contributed by atoms with Crippen molar-refractivity contribution >= 4 is 39.5 Å². The zero-order chi connectivity index (χ0) is 14.8. The number of carbonyl (C=O) groups is 1. The molecule has 0 radical (unpaired) electrons. The summed E-state index contributed by atoms with van der Waals surface area (Å²) >= 11 is 3.24. The third-order valence-electron chi connectivity index (χ3n) is 2.70. The van der Waals surface area contributed by atoms with Crippen LogP contribution >= 0.6 is 23.5 Å². The van der Waals surface area contributed by atoms with Crippen LogP contribution in [0.15, 0.2) is 29.3 Å². The number of para-hydroxylation sites is 1. The average Bonchev–Trinajstić information content (AvgIpc) is 2.36. The van der Waals surface area contributed by atoms with Crippen molar-refractivity contribution in [2.24, 2.45) is 4.99 Å². The summed E-state index contributed by atoms with van der Waals surface area (Å²) in [6.45, 7) is 7.90. The Balaban J connectivity index is 2.01. The van der Waals surface area contributed by atoms with Crippen molar-refractivity contribution in [2.45, 2.75) is 44.2 Å². The van der Waals surface area contributed by atoms with Gasteiger partial charge in [0, 0.05) is 11.3 Å². The van der Waals surface area contributed by atoms with Crippen LogP contribution in [0, 0.1) is 0 Å². The first kappa shape index (κ1) is 15.4. The largest absolute Gasteiger partial charge is 0.351 e. The maximum atomic E-state index is 12.1. The highest BCUT2D eigenvalue weighted by molar-refractivity contribution is 8.39. The first-order valence-corrected chi connectivity index (χ1v) is 8.50. The van der Waals surface area contributed by atoms with Gasteiger partial charge in [-0.2, -0.15) is 0 Å². The van der Waals surface area contributed by atoms with E-state index in [9.17, 15) is 4.79 Å². The van der Waals surface area contributed by atoms with Crippen LogP contribution in [0.2, 0.25) is 0 Å². The summed E-state index contributed by atoms with van der Waals surface area (Å²) in [7, 11) is 0. The second-order valence-electron chi connectivity index (χ2n) is 5.79. The summed E-state index contributed by atoms with van der Waals surface area (Å²) in [4.78, 5) is 16.7. The summed E-state index contributed by atoms with van der Waals surface area (Å²) in [6, 6.07) is 8.15. The highest BCUT2D eigenvalue weighted by atomic mass is 32.2. The molecule has 1 aromatic carbocycles. The van der Waals surface area contributed by atoms with Gasteiger partial charge >= 0.3 is 0 Å². The number of carbonyl (C=O) groups excluding carboxylic acids is 1. The SMILES string of the molecule is CC(SC1=Nc2ccccc2CS1)C(=O)NC(C)(C)C. The summed E-state index contributed by atoms with van der Waals surface area (Å²) in [5, 5.41) is 2.87. The number of fused-ring (bicyclic) bond motifs is 1. The number of hydrogen-bond donors (Lipinski definition) is 1. The fourth-order valence-electron chi connectivity index (χ4n) is 1.75. The number of hydrogen-bond acceptors (Lipinski definition) is 4. The molecule has 1 heterocycles. The lowest BCUT2D eigenvalue weighted by atomic mass is 10.1. The molecule has 1 aromatic rings. The molecule has 0 fully saturated rings. The van der Waals surface area contributed by atoms with E-state index in [0.717, 1.165) is 15.8 Å². The van der Waals surface area contributed by atoms with Crippen LogP contribution in [0.4, 0.5) is 5.69 Å². The van der Waals surface area contributed by atoms with Crippen molar-refractivity contribution in [1.29, 1.82) is 0 Å². The Morgan fingerprint density at radius 1 is 1.40 bits per heavy atom. The standard InChI is InChI=1S/C15H20N2OS2/c1-10(13(18)17-15(2,3)4)20-14-16-12-8-6-5-7-11(12)9-19-14/h5-8,10H,9H2,1-4H3,(H,17,18). The normalized spacial score (nSPS) is 16.1. The minimum Gasteiger partial charge on any atom is -0.351 e. The van der Waals surface area contributed by atoms with Gasteiger partial charge in [0.2, 0.25) is 5.91 Å². The van der Waals surface area contributed by atoms with Crippen molar-refractivity contribution in [2.75, 3.05) is 0 Å². The van der Waals surface area contributed by atoms with E-state index in [1.54, 1.807) is 11.8 Å². The van der Waals surface area contributed by atoms with Crippen LogP contribution in [0.25, 0.3) is 0 Å².